The van der Waals surface area contributed by atoms with Crippen LogP contribution in [0.1, 0.15) is 11.1 Å². The molecule has 1 unspecified atom stereocenters. The van der Waals surface area contributed by atoms with E-state index in [0.717, 1.165) is 28.8 Å². The average Bonchev–Trinajstić information content (AvgIpc) is 2.84. The molecule has 1 aliphatic heterocycles. The van der Waals surface area contributed by atoms with Gasteiger partial charge in [-0.15, -0.1) is 12.6 Å². The van der Waals surface area contributed by atoms with Crippen LogP contribution in [-0.2, 0) is 11.0 Å². The Balaban J connectivity index is 1.93. The molecule has 1 atom stereocenters. The summed E-state index contributed by atoms with van der Waals surface area (Å²) in [4.78, 5) is 14.0. The van der Waals surface area contributed by atoms with Crippen molar-refractivity contribution in [1.29, 1.82) is 0 Å². The Hall–Kier alpha value is -2.26. The van der Waals surface area contributed by atoms with Gasteiger partial charge in [0.1, 0.15) is 4.71 Å². The van der Waals surface area contributed by atoms with Gasteiger partial charge >= 0.3 is 6.18 Å². The Morgan fingerprint density at radius 3 is 2.50 bits per heavy atom. The Bertz CT molecular complexity index is 899. The van der Waals surface area contributed by atoms with E-state index in [4.69, 9.17) is 0 Å². The molecule has 9 heteroatoms. The molecule has 1 saturated heterocycles. The minimum Gasteiger partial charge on any atom is -0.504 e. The summed E-state index contributed by atoms with van der Waals surface area (Å²) in [6, 6.07) is 8.52. The number of carbonyl (C=O) groups excluding carboxylic acids is 1. The Labute approximate surface area is 156 Å². The molecule has 1 aliphatic rings. The number of anilines is 1. The van der Waals surface area contributed by atoms with Crippen LogP contribution in [0.2, 0.25) is 0 Å². The van der Waals surface area contributed by atoms with Crippen LogP contribution < -0.4 is 4.90 Å². The van der Waals surface area contributed by atoms with Gasteiger partial charge in [0.25, 0.3) is 5.91 Å². The number of phenolic OH excluding ortho intramolecular Hbond substituents is 2. The molecule has 2 aromatic carbocycles. The van der Waals surface area contributed by atoms with Gasteiger partial charge < -0.3 is 10.2 Å². The molecular formula is C17H12F3NO3S2. The second-order valence-electron chi connectivity index (χ2n) is 5.42. The first kappa shape index (κ1) is 18.5. The summed E-state index contributed by atoms with van der Waals surface area (Å²) in [7, 11) is 0. The summed E-state index contributed by atoms with van der Waals surface area (Å²) in [6.07, 6.45) is -3.04. The highest BCUT2D eigenvalue weighted by Crippen LogP contribution is 2.42. The summed E-state index contributed by atoms with van der Waals surface area (Å²) < 4.78 is 38.0. The summed E-state index contributed by atoms with van der Waals surface area (Å²) in [5, 5.41) is 18.9. The first-order chi connectivity index (χ1) is 12.2. The lowest BCUT2D eigenvalue weighted by Gasteiger charge is -2.20. The van der Waals surface area contributed by atoms with E-state index in [9.17, 15) is 28.2 Å². The van der Waals surface area contributed by atoms with Crippen molar-refractivity contribution >= 4 is 42.1 Å². The Morgan fingerprint density at radius 1 is 1.12 bits per heavy atom. The number of thiol groups is 1. The van der Waals surface area contributed by atoms with Gasteiger partial charge in [-0.05, 0) is 42.0 Å². The second-order valence-corrected chi connectivity index (χ2v) is 7.38. The topological polar surface area (TPSA) is 60.8 Å². The maximum absolute atomic E-state index is 12.9. The molecule has 1 amide bonds. The van der Waals surface area contributed by atoms with E-state index in [2.05, 4.69) is 12.6 Å². The van der Waals surface area contributed by atoms with Crippen molar-refractivity contribution < 1.29 is 28.2 Å². The highest BCUT2D eigenvalue weighted by atomic mass is 32.2. The van der Waals surface area contributed by atoms with E-state index >= 15 is 0 Å². The maximum Gasteiger partial charge on any atom is 0.416 e. The molecule has 2 aromatic rings. The van der Waals surface area contributed by atoms with Crippen LogP contribution >= 0.6 is 24.4 Å². The second kappa shape index (κ2) is 6.81. The predicted octanol–water partition coefficient (Wildman–Crippen LogP) is 4.45. The quantitative estimate of drug-likeness (QED) is 0.397. The van der Waals surface area contributed by atoms with E-state index in [-0.39, 0.29) is 22.1 Å². The lowest BCUT2D eigenvalue weighted by atomic mass is 10.1. The smallest absolute Gasteiger partial charge is 0.416 e. The monoisotopic (exact) mass is 399 g/mol. The third-order valence-electron chi connectivity index (χ3n) is 3.63. The standard InChI is InChI=1S/C17H12F3NO3S2/c18-17(19,20)10-2-1-3-11(8-10)21-15(24)14(26-16(21)25)7-9-4-5-12(22)13(23)6-9/h1-8,16,22-23,25H/b14-7-. The molecule has 4 nitrogen and oxygen atoms in total. The fraction of sp³-hybridized carbons (Fsp3) is 0.118. The van der Waals surface area contributed by atoms with Crippen LogP contribution in [0.5, 0.6) is 11.5 Å². The highest BCUT2D eigenvalue weighted by Gasteiger charge is 2.37. The van der Waals surface area contributed by atoms with Gasteiger partial charge in [0.2, 0.25) is 0 Å². The van der Waals surface area contributed by atoms with Crippen LogP contribution in [0, 0.1) is 0 Å². The van der Waals surface area contributed by atoms with Crippen LogP contribution in [0.3, 0.4) is 0 Å². The minimum absolute atomic E-state index is 0.0919. The number of nitrogens with zero attached hydrogens (tertiary/aromatic N) is 1. The number of carbonyl (C=O) groups is 1. The zero-order chi connectivity index (χ0) is 19.1. The summed E-state index contributed by atoms with van der Waals surface area (Å²) in [5.74, 6) is -1.14. The van der Waals surface area contributed by atoms with Crippen LogP contribution in [0.4, 0.5) is 18.9 Å². The number of benzene rings is 2. The van der Waals surface area contributed by atoms with Crippen molar-refractivity contribution in [3.63, 3.8) is 0 Å². The largest absolute Gasteiger partial charge is 0.504 e. The van der Waals surface area contributed by atoms with Gasteiger partial charge in [-0.1, -0.05) is 23.9 Å². The minimum atomic E-state index is -4.51. The molecule has 0 aliphatic carbocycles. The average molecular weight is 399 g/mol. The van der Waals surface area contributed by atoms with Gasteiger partial charge in [-0.25, -0.2) is 0 Å². The fourth-order valence-electron chi connectivity index (χ4n) is 2.39. The lowest BCUT2D eigenvalue weighted by Crippen LogP contribution is -2.29. The van der Waals surface area contributed by atoms with Crippen molar-refractivity contribution in [2.75, 3.05) is 4.90 Å². The first-order valence-corrected chi connectivity index (χ1v) is 8.65. The molecule has 0 spiro atoms. The van der Waals surface area contributed by atoms with Crippen molar-refractivity contribution in [3.05, 3.63) is 58.5 Å². The molecule has 0 radical (unpaired) electrons. The molecule has 1 heterocycles. The van der Waals surface area contributed by atoms with E-state index in [1.54, 1.807) is 0 Å². The molecule has 0 saturated carbocycles. The number of amides is 1. The normalized spacial score (nSPS) is 19.4. The molecule has 0 aromatic heterocycles. The van der Waals surface area contributed by atoms with Crippen molar-refractivity contribution in [1.82, 2.24) is 0 Å². The number of alkyl halides is 3. The van der Waals surface area contributed by atoms with Crippen molar-refractivity contribution in [3.8, 4) is 11.5 Å². The molecule has 3 rings (SSSR count). The summed E-state index contributed by atoms with van der Waals surface area (Å²) in [5.41, 5.74) is -0.300. The number of hydrogen-bond donors (Lipinski definition) is 3. The SMILES string of the molecule is O=C1/C(=C/c2ccc(O)c(O)c2)SC(S)N1c1cccc(C(F)(F)F)c1. The molecule has 2 N–H and O–H groups in total. The fourth-order valence-corrected chi connectivity index (χ4v) is 3.92. The van der Waals surface area contributed by atoms with Gasteiger partial charge in [-0.2, -0.15) is 13.2 Å². The molecule has 0 bridgehead atoms. The summed E-state index contributed by atoms with van der Waals surface area (Å²) in [6.45, 7) is 0. The Kier molecular flexibility index (Phi) is 4.85. The molecule has 1 fully saturated rings. The molecular weight excluding hydrogens is 387 g/mol. The van der Waals surface area contributed by atoms with Crippen molar-refractivity contribution in [2.45, 2.75) is 10.9 Å². The third-order valence-corrected chi connectivity index (χ3v) is 5.15. The highest BCUT2D eigenvalue weighted by molar-refractivity contribution is 8.14. The van der Waals surface area contributed by atoms with Gasteiger partial charge in [0.05, 0.1) is 10.5 Å². The van der Waals surface area contributed by atoms with E-state index in [0.29, 0.717) is 5.56 Å². The number of thioether (sulfide) groups is 1. The van der Waals surface area contributed by atoms with Gasteiger partial charge in [0.15, 0.2) is 11.5 Å². The van der Waals surface area contributed by atoms with E-state index in [1.165, 1.54) is 36.4 Å². The van der Waals surface area contributed by atoms with E-state index < -0.39 is 22.4 Å². The number of halogens is 3. The zero-order valence-corrected chi connectivity index (χ0v) is 14.6. The van der Waals surface area contributed by atoms with Crippen molar-refractivity contribution in [2.24, 2.45) is 0 Å². The number of rotatable bonds is 2. The number of hydrogen-bond acceptors (Lipinski definition) is 5. The summed E-state index contributed by atoms with van der Waals surface area (Å²) >= 11 is 5.35. The number of aromatic hydroxyl groups is 2. The van der Waals surface area contributed by atoms with E-state index in [1.807, 2.05) is 0 Å². The molecule has 26 heavy (non-hydrogen) atoms. The number of phenols is 2. The maximum atomic E-state index is 12.9. The van der Waals surface area contributed by atoms with Crippen LogP contribution in [-0.4, -0.2) is 20.8 Å². The van der Waals surface area contributed by atoms with Gasteiger partial charge in [-0.3, -0.25) is 9.69 Å². The van der Waals surface area contributed by atoms with Gasteiger partial charge in [0, 0.05) is 5.69 Å². The first-order valence-electron chi connectivity index (χ1n) is 7.26. The van der Waals surface area contributed by atoms with Crippen LogP contribution in [0.25, 0.3) is 6.08 Å². The lowest BCUT2D eigenvalue weighted by molar-refractivity contribution is -0.137. The third kappa shape index (κ3) is 3.63. The zero-order valence-electron chi connectivity index (χ0n) is 12.9. The molecule has 136 valence electrons. The predicted molar refractivity (Wildman–Crippen MR) is 97.0 cm³/mol. The van der Waals surface area contributed by atoms with Crippen LogP contribution in [0.15, 0.2) is 47.4 Å². The Morgan fingerprint density at radius 2 is 1.85 bits per heavy atom.